The van der Waals surface area contributed by atoms with Crippen molar-refractivity contribution in [1.82, 2.24) is 4.90 Å². The summed E-state index contributed by atoms with van der Waals surface area (Å²) in [6.07, 6.45) is 3.79. The molecule has 146 valence electrons. The highest BCUT2D eigenvalue weighted by molar-refractivity contribution is 8.02. The Kier molecular flexibility index (Phi) is 7.09. The van der Waals surface area contributed by atoms with E-state index >= 15 is 0 Å². The van der Waals surface area contributed by atoms with Gasteiger partial charge in [0.25, 0.3) is 0 Å². The zero-order valence-electron chi connectivity index (χ0n) is 16.2. The van der Waals surface area contributed by atoms with Gasteiger partial charge in [0.05, 0.1) is 4.21 Å². The third kappa shape index (κ3) is 5.63. The van der Waals surface area contributed by atoms with Gasteiger partial charge in [0.2, 0.25) is 0 Å². The summed E-state index contributed by atoms with van der Waals surface area (Å²) < 4.78 is 3.86. The largest absolute Gasteiger partial charge is 0.311 e. The summed E-state index contributed by atoms with van der Waals surface area (Å²) in [6, 6.07) is 26.1. The summed E-state index contributed by atoms with van der Waals surface area (Å²) >= 11 is 3.71. The second-order valence-corrected chi connectivity index (χ2v) is 9.73. The van der Waals surface area contributed by atoms with Crippen molar-refractivity contribution in [3.63, 3.8) is 0 Å². The summed E-state index contributed by atoms with van der Waals surface area (Å²) in [4.78, 5) is 2.67. The van der Waals surface area contributed by atoms with Gasteiger partial charge in [-0.2, -0.15) is 0 Å². The van der Waals surface area contributed by atoms with Crippen LogP contribution in [-0.2, 0) is 6.42 Å². The smallest absolute Gasteiger partial charge is 0.0809 e. The highest BCUT2D eigenvalue weighted by Crippen LogP contribution is 2.33. The highest BCUT2D eigenvalue weighted by atomic mass is 32.2. The van der Waals surface area contributed by atoms with Crippen molar-refractivity contribution in [2.45, 2.75) is 23.5 Å². The van der Waals surface area contributed by atoms with Gasteiger partial charge < -0.3 is 9.21 Å². The van der Waals surface area contributed by atoms with Crippen LogP contribution in [0.25, 0.3) is 0 Å². The van der Waals surface area contributed by atoms with Gasteiger partial charge in [0.1, 0.15) is 0 Å². The van der Waals surface area contributed by atoms with Gasteiger partial charge in [-0.25, -0.2) is 0 Å². The van der Waals surface area contributed by atoms with E-state index in [9.17, 15) is 0 Å². The predicted molar refractivity (Wildman–Crippen MR) is 123 cm³/mol. The van der Waals surface area contributed by atoms with E-state index in [-0.39, 0.29) is 0 Å². The molecule has 1 unspecified atom stereocenters. The number of piperidine rings is 1. The van der Waals surface area contributed by atoms with E-state index in [1.807, 2.05) is 23.3 Å². The normalized spacial score (nSPS) is 17.5. The fourth-order valence-corrected chi connectivity index (χ4v) is 5.81. The van der Waals surface area contributed by atoms with Crippen LogP contribution in [0.4, 0.5) is 5.69 Å². The molecule has 2 heterocycles. The monoisotopic (exact) mass is 408 g/mol. The van der Waals surface area contributed by atoms with E-state index in [1.54, 1.807) is 0 Å². The van der Waals surface area contributed by atoms with E-state index in [4.69, 9.17) is 0 Å². The maximum absolute atomic E-state index is 2.67. The first-order chi connectivity index (χ1) is 13.9. The van der Waals surface area contributed by atoms with Crippen LogP contribution < -0.4 is 4.31 Å². The van der Waals surface area contributed by atoms with Gasteiger partial charge in [-0.1, -0.05) is 54.6 Å². The molecule has 4 heteroatoms. The molecule has 1 aliphatic heterocycles. The molecule has 1 fully saturated rings. The summed E-state index contributed by atoms with van der Waals surface area (Å²) in [5.41, 5.74) is 2.76. The Morgan fingerprint density at radius 3 is 2.50 bits per heavy atom. The summed E-state index contributed by atoms with van der Waals surface area (Å²) in [5.74, 6) is 0.720. The van der Waals surface area contributed by atoms with E-state index in [1.165, 1.54) is 47.9 Å². The minimum absolute atomic E-state index is 0.720. The lowest BCUT2D eigenvalue weighted by atomic mass is 9.97. The molecule has 2 nitrogen and oxygen atoms in total. The van der Waals surface area contributed by atoms with Crippen LogP contribution in [0, 0.1) is 5.92 Å². The molecule has 0 aliphatic carbocycles. The van der Waals surface area contributed by atoms with Crippen LogP contribution in [0.15, 0.2) is 82.4 Å². The van der Waals surface area contributed by atoms with Gasteiger partial charge in [0.15, 0.2) is 0 Å². The van der Waals surface area contributed by atoms with E-state index in [0.717, 1.165) is 18.9 Å². The third-order valence-electron chi connectivity index (χ3n) is 5.33. The fraction of sp³-hybridized carbons (Fsp3) is 0.333. The average Bonchev–Trinajstić information content (AvgIpc) is 3.27. The fourth-order valence-electron chi connectivity index (χ4n) is 3.88. The lowest BCUT2D eigenvalue weighted by Crippen LogP contribution is -2.40. The predicted octanol–water partition coefficient (Wildman–Crippen LogP) is 6.22. The molecule has 0 N–H and O–H groups in total. The summed E-state index contributed by atoms with van der Waals surface area (Å²) in [6.45, 7) is 4.73. The molecule has 2 aromatic carbocycles. The zero-order chi connectivity index (χ0) is 19.0. The van der Waals surface area contributed by atoms with Crippen LogP contribution in [0.5, 0.6) is 0 Å². The lowest BCUT2D eigenvalue weighted by Gasteiger charge is -2.36. The Morgan fingerprint density at radius 1 is 0.964 bits per heavy atom. The van der Waals surface area contributed by atoms with Crippen LogP contribution in [-0.4, -0.2) is 31.1 Å². The number of hydrogen-bond donors (Lipinski definition) is 0. The first kappa shape index (κ1) is 19.6. The van der Waals surface area contributed by atoms with E-state index in [0.29, 0.717) is 0 Å². The molecule has 0 bridgehead atoms. The first-order valence-electron chi connectivity index (χ1n) is 10.2. The molecule has 28 heavy (non-hydrogen) atoms. The Bertz CT molecular complexity index is 805. The highest BCUT2D eigenvalue weighted by Gasteiger charge is 2.23. The molecular formula is C24H28N2S2. The van der Waals surface area contributed by atoms with Crippen LogP contribution >= 0.6 is 23.3 Å². The average molecular weight is 409 g/mol. The molecule has 0 amide bonds. The summed E-state index contributed by atoms with van der Waals surface area (Å²) in [7, 11) is 0. The van der Waals surface area contributed by atoms with E-state index < -0.39 is 0 Å². The molecule has 1 atom stereocenters. The van der Waals surface area contributed by atoms with Gasteiger partial charge >= 0.3 is 0 Å². The Morgan fingerprint density at radius 2 is 1.75 bits per heavy atom. The molecule has 4 rings (SSSR count). The summed E-state index contributed by atoms with van der Waals surface area (Å²) in [5, 5.41) is 2.16. The number of thiophene rings is 1. The second-order valence-electron chi connectivity index (χ2n) is 7.46. The second kappa shape index (κ2) is 10.1. The number of benzene rings is 2. The van der Waals surface area contributed by atoms with Crippen molar-refractivity contribution in [2.75, 3.05) is 30.5 Å². The SMILES string of the molecule is c1ccc(CCN2CCCC(CN(Sc3cccs3)c3ccccc3)C2)cc1. The number of para-hydroxylation sites is 1. The molecule has 0 saturated carbocycles. The van der Waals surface area contributed by atoms with Gasteiger partial charge in [-0.3, -0.25) is 0 Å². The van der Waals surface area contributed by atoms with Crippen molar-refractivity contribution in [1.29, 1.82) is 0 Å². The van der Waals surface area contributed by atoms with Crippen LogP contribution in [0.2, 0.25) is 0 Å². The topological polar surface area (TPSA) is 6.48 Å². The lowest BCUT2D eigenvalue weighted by molar-refractivity contribution is 0.181. The minimum Gasteiger partial charge on any atom is -0.311 e. The molecular weight excluding hydrogens is 380 g/mol. The number of hydrogen-bond acceptors (Lipinski definition) is 4. The van der Waals surface area contributed by atoms with Crippen LogP contribution in [0.3, 0.4) is 0 Å². The molecule has 1 aliphatic rings. The number of nitrogens with zero attached hydrogens (tertiary/aromatic N) is 2. The van der Waals surface area contributed by atoms with Gasteiger partial charge in [0, 0.05) is 25.3 Å². The molecule has 1 aromatic heterocycles. The molecule has 3 aromatic rings. The standard InChI is InChI=1S/C24H28N2S2/c1-3-9-21(10-4-1)15-17-25-16-7-11-22(19-25)20-26(23-12-5-2-6-13-23)28-24-14-8-18-27-24/h1-6,8-10,12-14,18,22H,7,11,15-17,19-20H2. The Balaban J connectivity index is 1.37. The van der Waals surface area contributed by atoms with E-state index in [2.05, 4.69) is 87.4 Å². The van der Waals surface area contributed by atoms with Crippen molar-refractivity contribution in [2.24, 2.45) is 5.92 Å². The Hall–Kier alpha value is -1.75. The quantitative estimate of drug-likeness (QED) is 0.409. The van der Waals surface area contributed by atoms with Gasteiger partial charge in [-0.05, 0) is 72.8 Å². The Labute approximate surface area is 177 Å². The zero-order valence-corrected chi connectivity index (χ0v) is 17.9. The maximum Gasteiger partial charge on any atom is 0.0809 e. The van der Waals surface area contributed by atoms with Crippen molar-refractivity contribution < 1.29 is 0 Å². The minimum atomic E-state index is 0.720. The van der Waals surface area contributed by atoms with Crippen LogP contribution in [0.1, 0.15) is 18.4 Å². The first-order valence-corrected chi connectivity index (χ1v) is 11.8. The molecule has 1 saturated heterocycles. The molecule has 0 spiro atoms. The van der Waals surface area contributed by atoms with Gasteiger partial charge in [-0.15, -0.1) is 11.3 Å². The number of rotatable bonds is 8. The number of likely N-dealkylation sites (tertiary alicyclic amines) is 1. The van der Waals surface area contributed by atoms with Crippen molar-refractivity contribution in [3.05, 3.63) is 83.7 Å². The number of anilines is 1. The van der Waals surface area contributed by atoms with Crippen molar-refractivity contribution in [3.8, 4) is 0 Å². The molecule has 0 radical (unpaired) electrons. The maximum atomic E-state index is 2.67. The third-order valence-corrected chi connectivity index (χ3v) is 7.40. The van der Waals surface area contributed by atoms with Crippen molar-refractivity contribution >= 4 is 29.0 Å².